The molecule has 0 saturated heterocycles. The van der Waals surface area contributed by atoms with Gasteiger partial charge in [-0.25, -0.2) is 4.79 Å². The Balaban J connectivity index is 1.96. The van der Waals surface area contributed by atoms with Gasteiger partial charge in [0.25, 0.3) is 0 Å². The Bertz CT molecular complexity index is 825. The molecule has 1 aliphatic heterocycles. The quantitative estimate of drug-likeness (QED) is 0.793. The molecular formula is C18H13F3N2O2. The number of fused-ring (bicyclic) bond motifs is 1. The number of ether oxygens (including phenoxy) is 1. The molecule has 0 fully saturated rings. The smallest absolute Gasteiger partial charge is 0.406 e. The fraction of sp³-hybridized carbons (Fsp3) is 0.167. The van der Waals surface area contributed by atoms with Crippen LogP contribution in [0.2, 0.25) is 0 Å². The first kappa shape index (κ1) is 16.8. The van der Waals surface area contributed by atoms with E-state index in [4.69, 9.17) is 0 Å². The Hall–Kier alpha value is -3.05. The lowest BCUT2D eigenvalue weighted by atomic mass is 9.93. The Kier molecular flexibility index (Phi) is 4.59. The first-order chi connectivity index (χ1) is 12.0. The van der Waals surface area contributed by atoms with Crippen molar-refractivity contribution >= 4 is 12.2 Å². The molecule has 25 heavy (non-hydrogen) atoms. The summed E-state index contributed by atoms with van der Waals surface area (Å²) in [6.45, 7) is 0.236. The van der Waals surface area contributed by atoms with E-state index in [1.807, 2.05) is 24.3 Å². The highest BCUT2D eigenvalue weighted by Gasteiger charge is 2.31. The molecule has 0 radical (unpaired) electrons. The molecule has 0 N–H and O–H groups in total. The lowest BCUT2D eigenvalue weighted by molar-refractivity contribution is -0.274. The number of hydrogen-bond acceptors (Lipinski definition) is 4. The Labute approximate surface area is 141 Å². The molecule has 0 saturated carbocycles. The van der Waals surface area contributed by atoms with Crippen LogP contribution in [0.4, 0.5) is 13.2 Å². The van der Waals surface area contributed by atoms with Crippen molar-refractivity contribution in [2.75, 3.05) is 6.54 Å². The summed E-state index contributed by atoms with van der Waals surface area (Å²) in [7, 11) is 0. The van der Waals surface area contributed by atoms with Crippen molar-refractivity contribution in [3.8, 4) is 5.75 Å². The van der Waals surface area contributed by atoms with Crippen LogP contribution in [0.25, 0.3) is 0 Å². The third-order valence-electron chi connectivity index (χ3n) is 3.72. The fourth-order valence-corrected chi connectivity index (χ4v) is 2.73. The molecule has 128 valence electrons. The number of benzene rings is 2. The average molecular weight is 346 g/mol. The summed E-state index contributed by atoms with van der Waals surface area (Å²) < 4.78 is 40.8. The second-order valence-corrected chi connectivity index (χ2v) is 5.34. The van der Waals surface area contributed by atoms with Crippen molar-refractivity contribution in [1.82, 2.24) is 5.01 Å². The summed E-state index contributed by atoms with van der Waals surface area (Å²) in [4.78, 5) is 10.5. The first-order valence-electron chi connectivity index (χ1n) is 7.42. The van der Waals surface area contributed by atoms with Crippen molar-refractivity contribution in [3.63, 3.8) is 0 Å². The molecule has 1 heterocycles. The van der Waals surface area contributed by atoms with Crippen molar-refractivity contribution in [2.24, 2.45) is 5.10 Å². The summed E-state index contributed by atoms with van der Waals surface area (Å²) in [5.74, 6) is 1.42. The summed E-state index contributed by atoms with van der Waals surface area (Å²) in [6, 6.07) is 12.9. The number of halogens is 3. The van der Waals surface area contributed by atoms with Gasteiger partial charge >= 0.3 is 6.36 Å². The van der Waals surface area contributed by atoms with Gasteiger partial charge in [0.15, 0.2) is 0 Å². The second kappa shape index (κ2) is 6.83. The molecule has 0 aromatic heterocycles. The monoisotopic (exact) mass is 346 g/mol. The van der Waals surface area contributed by atoms with Gasteiger partial charge in [-0.15, -0.1) is 13.2 Å². The molecule has 1 aliphatic rings. The molecule has 1 atom stereocenters. The van der Waals surface area contributed by atoms with Gasteiger partial charge in [-0.3, -0.25) is 5.01 Å². The van der Waals surface area contributed by atoms with Gasteiger partial charge < -0.3 is 4.74 Å². The van der Waals surface area contributed by atoms with Gasteiger partial charge in [0.2, 0.25) is 0 Å². The van der Waals surface area contributed by atoms with E-state index in [-0.39, 0.29) is 18.3 Å². The standard InChI is InChI=1S/C18H13F3N2O2/c19-18(20,21)25-15-8-6-13(7-9-15)17-16-5-2-1-4-14(16)12-22-23(17)10-3-11-24/h1-9,12,17H,10H2. The van der Waals surface area contributed by atoms with Crippen LogP contribution < -0.4 is 4.74 Å². The molecule has 0 bridgehead atoms. The van der Waals surface area contributed by atoms with Crippen molar-refractivity contribution < 1.29 is 22.7 Å². The number of nitrogens with zero attached hydrogens (tertiary/aromatic N) is 2. The highest BCUT2D eigenvalue weighted by Crippen LogP contribution is 2.34. The fourth-order valence-electron chi connectivity index (χ4n) is 2.73. The maximum atomic E-state index is 12.3. The zero-order valence-electron chi connectivity index (χ0n) is 12.9. The minimum atomic E-state index is -4.73. The van der Waals surface area contributed by atoms with E-state index in [0.717, 1.165) is 16.7 Å². The lowest BCUT2D eigenvalue weighted by Gasteiger charge is -2.33. The summed E-state index contributed by atoms with van der Waals surface area (Å²) in [5.41, 5.74) is 2.59. The van der Waals surface area contributed by atoms with E-state index in [9.17, 15) is 18.0 Å². The molecule has 0 spiro atoms. The summed E-state index contributed by atoms with van der Waals surface area (Å²) in [5, 5.41) is 6.01. The first-order valence-corrected chi connectivity index (χ1v) is 7.42. The Morgan fingerprint density at radius 3 is 2.56 bits per heavy atom. The molecule has 1 unspecified atom stereocenters. The van der Waals surface area contributed by atoms with E-state index < -0.39 is 6.36 Å². The molecule has 0 amide bonds. The predicted octanol–water partition coefficient (Wildman–Crippen LogP) is 3.71. The molecular weight excluding hydrogens is 333 g/mol. The highest BCUT2D eigenvalue weighted by molar-refractivity contribution is 5.83. The van der Waals surface area contributed by atoms with Gasteiger partial charge in [-0.05, 0) is 23.3 Å². The maximum Gasteiger partial charge on any atom is 0.573 e. The van der Waals surface area contributed by atoms with Gasteiger partial charge in [0.05, 0.1) is 18.8 Å². The van der Waals surface area contributed by atoms with E-state index in [1.165, 1.54) is 18.2 Å². The summed E-state index contributed by atoms with van der Waals surface area (Å²) in [6.07, 6.45) is -1.74. The zero-order chi connectivity index (χ0) is 17.9. The van der Waals surface area contributed by atoms with Crippen LogP contribution in [0.1, 0.15) is 22.7 Å². The van der Waals surface area contributed by atoms with Gasteiger partial charge in [0.1, 0.15) is 11.7 Å². The van der Waals surface area contributed by atoms with E-state index in [1.54, 1.807) is 29.3 Å². The maximum absolute atomic E-state index is 12.3. The normalized spacial score (nSPS) is 16.1. The van der Waals surface area contributed by atoms with Crippen molar-refractivity contribution in [3.05, 3.63) is 71.3 Å². The summed E-state index contributed by atoms with van der Waals surface area (Å²) >= 11 is 0. The second-order valence-electron chi connectivity index (χ2n) is 5.34. The van der Waals surface area contributed by atoms with Crippen LogP contribution >= 0.6 is 0 Å². The largest absolute Gasteiger partial charge is 0.573 e. The van der Waals surface area contributed by atoms with Crippen LogP contribution in [-0.2, 0) is 4.79 Å². The third kappa shape index (κ3) is 3.89. The predicted molar refractivity (Wildman–Crippen MR) is 86.0 cm³/mol. The third-order valence-corrected chi connectivity index (χ3v) is 3.72. The van der Waals surface area contributed by atoms with Gasteiger partial charge in [-0.2, -0.15) is 5.10 Å². The van der Waals surface area contributed by atoms with Gasteiger partial charge in [0, 0.05) is 11.6 Å². The van der Waals surface area contributed by atoms with Crippen LogP contribution in [-0.4, -0.2) is 30.1 Å². The SMILES string of the molecule is O=C=CCN1N=Cc2ccccc2C1c1ccc(OC(F)(F)F)cc1. The minimum Gasteiger partial charge on any atom is -0.406 e. The van der Waals surface area contributed by atoms with Crippen LogP contribution in [0.3, 0.4) is 0 Å². The Morgan fingerprint density at radius 2 is 1.88 bits per heavy atom. The molecule has 2 aromatic rings. The Morgan fingerprint density at radius 1 is 1.16 bits per heavy atom. The molecule has 7 heteroatoms. The van der Waals surface area contributed by atoms with Crippen LogP contribution in [0.5, 0.6) is 5.75 Å². The number of hydrazone groups is 1. The highest BCUT2D eigenvalue weighted by atomic mass is 19.4. The van der Waals surface area contributed by atoms with Gasteiger partial charge in [-0.1, -0.05) is 36.4 Å². The van der Waals surface area contributed by atoms with E-state index in [0.29, 0.717) is 0 Å². The van der Waals surface area contributed by atoms with Crippen molar-refractivity contribution in [2.45, 2.75) is 12.4 Å². The van der Waals surface area contributed by atoms with E-state index >= 15 is 0 Å². The van der Waals surface area contributed by atoms with Crippen molar-refractivity contribution in [1.29, 1.82) is 0 Å². The van der Waals surface area contributed by atoms with Crippen LogP contribution in [0.15, 0.2) is 59.7 Å². The number of carbonyl (C=O) groups excluding carboxylic acids is 1. The van der Waals surface area contributed by atoms with Crippen LogP contribution in [0, 0.1) is 0 Å². The zero-order valence-corrected chi connectivity index (χ0v) is 12.9. The average Bonchev–Trinajstić information content (AvgIpc) is 2.59. The number of rotatable bonds is 4. The topological polar surface area (TPSA) is 41.9 Å². The molecule has 4 nitrogen and oxygen atoms in total. The number of hydrogen-bond donors (Lipinski definition) is 0. The lowest BCUT2D eigenvalue weighted by Crippen LogP contribution is -2.29. The number of alkyl halides is 3. The molecule has 2 aromatic carbocycles. The van der Waals surface area contributed by atoms with E-state index in [2.05, 4.69) is 9.84 Å². The molecule has 3 rings (SSSR count). The molecule has 0 aliphatic carbocycles. The minimum absolute atomic E-state index is 0.236.